The number of nitrogens with zero attached hydrogens (tertiary/aromatic N) is 5. The highest BCUT2D eigenvalue weighted by Crippen LogP contribution is 2.40. The Hall–Kier alpha value is -2.47. The largest absolute Gasteiger partial charge is 0.490 e. The number of hydrogen-bond acceptors (Lipinski definition) is 6. The fourth-order valence-corrected chi connectivity index (χ4v) is 4.20. The number of aliphatic carboxylic acids is 1. The second-order valence-electron chi connectivity index (χ2n) is 7.32. The minimum Gasteiger partial charge on any atom is -0.475 e. The van der Waals surface area contributed by atoms with Crippen molar-refractivity contribution in [1.29, 1.82) is 0 Å². The fraction of sp³-hybridized carbons (Fsp3) is 0.529. The molecular formula is C17H20F3N5O3S. The van der Waals surface area contributed by atoms with Crippen LogP contribution in [0.25, 0.3) is 0 Å². The number of carbonyl (C=O) groups excluding carboxylic acids is 1. The smallest absolute Gasteiger partial charge is 0.475 e. The average Bonchev–Trinajstić information content (AvgIpc) is 3.34. The summed E-state index contributed by atoms with van der Waals surface area (Å²) in [5.41, 5.74) is 3.87. The number of rotatable bonds is 3. The molecule has 0 aliphatic carbocycles. The minimum absolute atomic E-state index is 0.0869. The molecule has 4 rings (SSSR count). The third kappa shape index (κ3) is 5.12. The summed E-state index contributed by atoms with van der Waals surface area (Å²) in [4.78, 5) is 29.8. The number of alkyl halides is 3. The summed E-state index contributed by atoms with van der Waals surface area (Å²) in [6.45, 7) is 4.82. The van der Waals surface area contributed by atoms with Crippen molar-refractivity contribution >= 4 is 23.2 Å². The Morgan fingerprint density at radius 1 is 1.31 bits per heavy atom. The van der Waals surface area contributed by atoms with Crippen molar-refractivity contribution in [1.82, 2.24) is 24.6 Å². The molecule has 2 aliphatic rings. The molecule has 2 aromatic heterocycles. The Morgan fingerprint density at radius 2 is 2.00 bits per heavy atom. The molecule has 158 valence electrons. The molecule has 0 radical (unpaired) electrons. The average molecular weight is 431 g/mol. The molecule has 2 aromatic rings. The molecule has 0 aromatic carbocycles. The summed E-state index contributed by atoms with van der Waals surface area (Å²) in [5.74, 6) is -2.67. The van der Waals surface area contributed by atoms with Crippen LogP contribution in [0.3, 0.4) is 0 Å². The van der Waals surface area contributed by atoms with E-state index in [1.807, 2.05) is 28.2 Å². The van der Waals surface area contributed by atoms with Crippen LogP contribution in [-0.4, -0.2) is 73.9 Å². The van der Waals surface area contributed by atoms with Crippen LogP contribution in [0.1, 0.15) is 22.5 Å². The topological polar surface area (TPSA) is 91.6 Å². The highest BCUT2D eigenvalue weighted by Gasteiger charge is 2.48. The second kappa shape index (κ2) is 8.11. The Bertz CT molecular complexity index is 862. The van der Waals surface area contributed by atoms with Gasteiger partial charge in [0.15, 0.2) is 0 Å². The Balaban J connectivity index is 0.000000298. The lowest BCUT2D eigenvalue weighted by atomic mass is 9.79. The van der Waals surface area contributed by atoms with Gasteiger partial charge in [0.05, 0.1) is 11.7 Å². The number of aryl methyl sites for hydroxylation is 1. The maximum Gasteiger partial charge on any atom is 0.490 e. The van der Waals surface area contributed by atoms with Crippen molar-refractivity contribution in [3.63, 3.8) is 0 Å². The highest BCUT2D eigenvalue weighted by molar-refractivity contribution is 7.07. The molecule has 12 heteroatoms. The summed E-state index contributed by atoms with van der Waals surface area (Å²) in [6.07, 6.45) is 0.0157. The summed E-state index contributed by atoms with van der Waals surface area (Å²) >= 11 is 1.48. The van der Waals surface area contributed by atoms with Crippen molar-refractivity contribution in [2.75, 3.05) is 26.2 Å². The van der Waals surface area contributed by atoms with E-state index in [1.165, 1.54) is 16.9 Å². The molecule has 2 fully saturated rings. The van der Waals surface area contributed by atoms with Crippen molar-refractivity contribution in [2.45, 2.75) is 19.1 Å². The van der Waals surface area contributed by atoms with E-state index in [1.54, 1.807) is 5.51 Å². The van der Waals surface area contributed by atoms with Crippen LogP contribution >= 0.6 is 11.3 Å². The van der Waals surface area contributed by atoms with Gasteiger partial charge in [0.2, 0.25) is 0 Å². The lowest BCUT2D eigenvalue weighted by molar-refractivity contribution is -0.192. The van der Waals surface area contributed by atoms with Crippen LogP contribution < -0.4 is 0 Å². The van der Waals surface area contributed by atoms with Crippen LogP contribution in [0.2, 0.25) is 0 Å². The predicted octanol–water partition coefficient (Wildman–Crippen LogP) is 1.86. The quantitative estimate of drug-likeness (QED) is 0.798. The van der Waals surface area contributed by atoms with E-state index in [9.17, 15) is 18.0 Å². The lowest BCUT2D eigenvalue weighted by Crippen LogP contribution is -2.57. The van der Waals surface area contributed by atoms with Gasteiger partial charge < -0.3 is 10.0 Å². The molecule has 0 saturated carbocycles. The van der Waals surface area contributed by atoms with Gasteiger partial charge in [-0.1, -0.05) is 0 Å². The molecular weight excluding hydrogens is 411 g/mol. The number of carbonyl (C=O) groups is 2. The van der Waals surface area contributed by atoms with E-state index >= 15 is 0 Å². The SMILES string of the molecule is Cn1cc(CN2CC3(CCN(C(=O)c4cscn4)C3)C2)cn1.O=C(O)C(F)(F)F. The molecule has 4 heterocycles. The lowest BCUT2D eigenvalue weighted by Gasteiger charge is -2.48. The van der Waals surface area contributed by atoms with Crippen LogP contribution in [0.15, 0.2) is 23.3 Å². The zero-order valence-electron chi connectivity index (χ0n) is 15.6. The second-order valence-corrected chi connectivity index (χ2v) is 8.04. The number of amides is 1. The molecule has 0 bridgehead atoms. The van der Waals surface area contributed by atoms with E-state index in [0.717, 1.165) is 39.1 Å². The van der Waals surface area contributed by atoms with E-state index in [0.29, 0.717) is 11.1 Å². The van der Waals surface area contributed by atoms with Gasteiger partial charge in [0.1, 0.15) is 5.69 Å². The zero-order chi connectivity index (χ0) is 21.2. The number of likely N-dealkylation sites (tertiary alicyclic amines) is 2. The Morgan fingerprint density at radius 3 is 2.52 bits per heavy atom. The number of thiazole rings is 1. The van der Waals surface area contributed by atoms with Crippen molar-refractivity contribution in [3.05, 3.63) is 34.5 Å². The first-order valence-corrected chi connectivity index (χ1v) is 9.70. The monoisotopic (exact) mass is 431 g/mol. The van der Waals surface area contributed by atoms with Gasteiger partial charge in [-0.25, -0.2) is 9.78 Å². The first kappa shape index (κ1) is 21.2. The van der Waals surface area contributed by atoms with Gasteiger partial charge in [-0.2, -0.15) is 18.3 Å². The number of carboxylic acids is 1. The van der Waals surface area contributed by atoms with E-state index in [4.69, 9.17) is 9.90 Å². The standard InChI is InChI=1S/C15H19N5OS.C2HF3O2/c1-18-5-12(4-17-18)6-19-8-15(9-19)2-3-20(10-15)14(21)13-7-22-11-16-13;3-2(4,5)1(6)7/h4-5,7,11H,2-3,6,8-10H2,1H3;(H,6,7). The van der Waals surface area contributed by atoms with Crippen molar-refractivity contribution in [2.24, 2.45) is 12.5 Å². The van der Waals surface area contributed by atoms with Gasteiger partial charge in [0, 0.05) is 62.3 Å². The van der Waals surface area contributed by atoms with Crippen LogP contribution in [0, 0.1) is 5.41 Å². The van der Waals surface area contributed by atoms with Gasteiger partial charge in [-0.15, -0.1) is 11.3 Å². The molecule has 1 amide bonds. The third-order valence-electron chi connectivity index (χ3n) is 4.90. The van der Waals surface area contributed by atoms with Crippen LogP contribution in [0.4, 0.5) is 13.2 Å². The Labute approximate surface area is 168 Å². The van der Waals surface area contributed by atoms with Crippen molar-refractivity contribution < 1.29 is 27.9 Å². The molecule has 1 N–H and O–H groups in total. The van der Waals surface area contributed by atoms with Gasteiger partial charge in [-0.3, -0.25) is 14.4 Å². The minimum atomic E-state index is -5.08. The number of halogens is 3. The van der Waals surface area contributed by atoms with Crippen LogP contribution in [-0.2, 0) is 18.4 Å². The maximum absolute atomic E-state index is 12.4. The van der Waals surface area contributed by atoms with Gasteiger partial charge >= 0.3 is 12.1 Å². The molecule has 0 unspecified atom stereocenters. The van der Waals surface area contributed by atoms with E-state index in [-0.39, 0.29) is 5.91 Å². The highest BCUT2D eigenvalue weighted by atomic mass is 32.1. The zero-order valence-corrected chi connectivity index (χ0v) is 16.4. The molecule has 2 aliphatic heterocycles. The van der Waals surface area contributed by atoms with Gasteiger partial charge in [-0.05, 0) is 6.42 Å². The van der Waals surface area contributed by atoms with Gasteiger partial charge in [0.25, 0.3) is 5.91 Å². The molecule has 0 atom stereocenters. The molecule has 8 nitrogen and oxygen atoms in total. The molecule has 1 spiro atoms. The Kier molecular flexibility index (Phi) is 5.94. The third-order valence-corrected chi connectivity index (χ3v) is 5.49. The number of aromatic nitrogens is 3. The van der Waals surface area contributed by atoms with Crippen molar-refractivity contribution in [3.8, 4) is 0 Å². The summed E-state index contributed by atoms with van der Waals surface area (Å²) in [5, 5.41) is 13.2. The first-order valence-electron chi connectivity index (χ1n) is 8.75. The molecule has 29 heavy (non-hydrogen) atoms. The summed E-state index contributed by atoms with van der Waals surface area (Å²) < 4.78 is 33.6. The molecule has 2 saturated heterocycles. The van der Waals surface area contributed by atoms with E-state index in [2.05, 4.69) is 21.2 Å². The number of hydrogen-bond donors (Lipinski definition) is 1. The number of carboxylic acid groups (broad SMARTS) is 1. The summed E-state index contributed by atoms with van der Waals surface area (Å²) in [6, 6.07) is 0. The first-order chi connectivity index (χ1) is 13.6. The van der Waals surface area contributed by atoms with Crippen LogP contribution in [0.5, 0.6) is 0 Å². The fourth-order valence-electron chi connectivity index (χ4n) is 3.67. The normalized spacial score (nSPS) is 18.3. The summed E-state index contributed by atoms with van der Waals surface area (Å²) in [7, 11) is 1.94. The maximum atomic E-state index is 12.4. The van der Waals surface area contributed by atoms with E-state index < -0.39 is 12.1 Å². The predicted molar refractivity (Wildman–Crippen MR) is 97.2 cm³/mol.